The lowest BCUT2D eigenvalue weighted by molar-refractivity contribution is 0.774. The number of aryl methyl sites for hydroxylation is 2. The molecule has 1 atom stereocenters. The lowest BCUT2D eigenvalue weighted by Gasteiger charge is -2.22. The minimum atomic E-state index is -0.205. The van der Waals surface area contributed by atoms with Crippen molar-refractivity contribution >= 4 is 49.7 Å². The number of pyridine rings is 1. The molecule has 32 heavy (non-hydrogen) atoms. The largest absolute Gasteiger partial charge is 0.361 e. The van der Waals surface area contributed by atoms with Crippen LogP contribution < -0.4 is 10.9 Å². The minimum absolute atomic E-state index is 0.140. The van der Waals surface area contributed by atoms with Crippen molar-refractivity contribution in [2.45, 2.75) is 26.8 Å². The van der Waals surface area contributed by atoms with Gasteiger partial charge in [-0.2, -0.15) is 0 Å². The van der Waals surface area contributed by atoms with Crippen molar-refractivity contribution in [3.8, 4) is 5.69 Å². The first-order valence-corrected chi connectivity index (χ1v) is 11.5. The quantitative estimate of drug-likeness (QED) is 0.335. The van der Waals surface area contributed by atoms with Crippen LogP contribution in [0.15, 0.2) is 65.7 Å². The van der Waals surface area contributed by atoms with Crippen LogP contribution >= 0.6 is 22.9 Å². The first-order chi connectivity index (χ1) is 15.5. The molecule has 0 saturated carbocycles. The second-order valence-electron chi connectivity index (χ2n) is 7.80. The van der Waals surface area contributed by atoms with Gasteiger partial charge in [-0.15, -0.1) is 11.3 Å². The summed E-state index contributed by atoms with van der Waals surface area (Å²) < 4.78 is 1.73. The van der Waals surface area contributed by atoms with Crippen molar-refractivity contribution in [1.82, 2.24) is 14.5 Å². The molecule has 0 fully saturated rings. The van der Waals surface area contributed by atoms with E-state index in [1.54, 1.807) is 28.3 Å². The molecule has 3 aromatic heterocycles. The van der Waals surface area contributed by atoms with Gasteiger partial charge >= 0.3 is 0 Å². The molecule has 0 aliphatic heterocycles. The summed E-state index contributed by atoms with van der Waals surface area (Å²) in [6.07, 6.45) is 1.58. The van der Waals surface area contributed by atoms with Gasteiger partial charge in [0.1, 0.15) is 17.0 Å². The number of nitrogens with one attached hydrogen (secondary N) is 1. The van der Waals surface area contributed by atoms with Crippen LogP contribution in [0, 0.1) is 13.8 Å². The van der Waals surface area contributed by atoms with Gasteiger partial charge < -0.3 is 5.32 Å². The minimum Gasteiger partial charge on any atom is -0.361 e. The van der Waals surface area contributed by atoms with E-state index in [-0.39, 0.29) is 11.6 Å². The number of halogens is 1. The van der Waals surface area contributed by atoms with Gasteiger partial charge in [-0.1, -0.05) is 41.9 Å². The molecule has 5 rings (SSSR count). The third-order valence-electron chi connectivity index (χ3n) is 5.80. The Labute approximate surface area is 194 Å². The van der Waals surface area contributed by atoms with E-state index in [2.05, 4.69) is 29.1 Å². The average Bonchev–Trinajstić information content (AvgIpc) is 3.08. The Morgan fingerprint density at radius 2 is 1.81 bits per heavy atom. The molecule has 5 aromatic rings. The fourth-order valence-corrected chi connectivity index (χ4v) is 5.33. The summed E-state index contributed by atoms with van der Waals surface area (Å²) in [6.45, 7) is 6.22. The summed E-state index contributed by atoms with van der Waals surface area (Å²) in [5.41, 5.74) is 2.65. The molecule has 7 heteroatoms. The van der Waals surface area contributed by atoms with Crippen LogP contribution in [-0.4, -0.2) is 14.5 Å². The van der Waals surface area contributed by atoms with Crippen molar-refractivity contribution in [3.63, 3.8) is 0 Å². The number of benzene rings is 2. The molecule has 0 saturated heterocycles. The lowest BCUT2D eigenvalue weighted by atomic mass is 10.1. The van der Waals surface area contributed by atoms with Gasteiger partial charge in [-0.25, -0.2) is 9.97 Å². The normalized spacial score (nSPS) is 12.4. The average molecular weight is 461 g/mol. The Morgan fingerprint density at radius 3 is 2.59 bits per heavy atom. The standard InChI is InChI=1S/C25H21ClN4OS/c1-14-16(3)32-24-21(14)23(27-13-28-24)29-15(2)20-12-17-8-7-11-19(26)22(17)25(31)30(20)18-9-5-4-6-10-18/h4-13,15H,1-3H3,(H,27,28,29)/t15-/m0/s1. The Balaban J connectivity index is 1.71. The fourth-order valence-electron chi connectivity index (χ4n) is 4.07. The highest BCUT2D eigenvalue weighted by molar-refractivity contribution is 7.18. The predicted molar refractivity (Wildman–Crippen MR) is 133 cm³/mol. The van der Waals surface area contributed by atoms with Crippen LogP contribution in [0.3, 0.4) is 0 Å². The SMILES string of the molecule is Cc1sc2ncnc(N[C@@H](C)c3cc4cccc(Cl)c4c(=O)n3-c3ccccc3)c2c1C. The molecule has 0 amide bonds. The van der Waals surface area contributed by atoms with E-state index in [0.717, 1.165) is 32.8 Å². The summed E-state index contributed by atoms with van der Waals surface area (Å²) in [4.78, 5) is 24.8. The van der Waals surface area contributed by atoms with Crippen LogP contribution in [0.2, 0.25) is 5.02 Å². The van der Waals surface area contributed by atoms with Crippen molar-refractivity contribution in [2.75, 3.05) is 5.32 Å². The van der Waals surface area contributed by atoms with Crippen LogP contribution in [0.1, 0.15) is 29.1 Å². The number of aromatic nitrogens is 3. The van der Waals surface area contributed by atoms with E-state index in [1.807, 2.05) is 55.5 Å². The molecule has 1 N–H and O–H groups in total. The van der Waals surface area contributed by atoms with Crippen LogP contribution in [0.4, 0.5) is 5.82 Å². The maximum atomic E-state index is 13.6. The predicted octanol–water partition coefficient (Wildman–Crippen LogP) is 6.44. The van der Waals surface area contributed by atoms with E-state index in [4.69, 9.17) is 11.6 Å². The smallest absolute Gasteiger partial charge is 0.264 e. The lowest BCUT2D eigenvalue weighted by Crippen LogP contribution is -2.25. The Kier molecular flexibility index (Phi) is 5.19. The molecule has 0 aliphatic rings. The molecule has 5 nitrogen and oxygen atoms in total. The third-order valence-corrected chi connectivity index (χ3v) is 7.23. The van der Waals surface area contributed by atoms with Crippen LogP contribution in [0.25, 0.3) is 26.7 Å². The second kappa shape index (κ2) is 8.04. The highest BCUT2D eigenvalue weighted by Gasteiger charge is 2.20. The summed E-state index contributed by atoms with van der Waals surface area (Å²) in [5, 5.41) is 6.34. The number of fused-ring (bicyclic) bond motifs is 2. The van der Waals surface area contributed by atoms with E-state index < -0.39 is 0 Å². The van der Waals surface area contributed by atoms with Gasteiger partial charge in [0.2, 0.25) is 0 Å². The number of nitrogens with zero attached hydrogens (tertiary/aromatic N) is 3. The number of para-hydroxylation sites is 1. The highest BCUT2D eigenvalue weighted by atomic mass is 35.5. The molecule has 0 unspecified atom stereocenters. The van der Waals surface area contributed by atoms with Gasteiger partial charge in [0.15, 0.2) is 0 Å². The van der Waals surface area contributed by atoms with Gasteiger partial charge in [-0.3, -0.25) is 9.36 Å². The number of hydrogen-bond acceptors (Lipinski definition) is 5. The first-order valence-electron chi connectivity index (χ1n) is 10.3. The molecule has 2 aromatic carbocycles. The maximum absolute atomic E-state index is 13.6. The number of thiophene rings is 1. The number of anilines is 1. The van der Waals surface area contributed by atoms with Gasteiger partial charge in [0.05, 0.1) is 21.8 Å². The summed E-state index contributed by atoms with van der Waals surface area (Å²) in [5.74, 6) is 0.766. The second-order valence-corrected chi connectivity index (χ2v) is 9.41. The van der Waals surface area contributed by atoms with E-state index in [9.17, 15) is 4.79 Å². The summed E-state index contributed by atoms with van der Waals surface area (Å²) in [7, 11) is 0. The monoisotopic (exact) mass is 460 g/mol. The zero-order chi connectivity index (χ0) is 22.4. The molecule has 0 radical (unpaired) electrons. The van der Waals surface area contributed by atoms with E-state index in [0.29, 0.717) is 10.4 Å². The van der Waals surface area contributed by atoms with Crippen LogP contribution in [0.5, 0.6) is 0 Å². The fraction of sp³-hybridized carbons (Fsp3) is 0.160. The summed E-state index contributed by atoms with van der Waals surface area (Å²) >= 11 is 8.08. The molecular weight excluding hydrogens is 440 g/mol. The Morgan fingerprint density at radius 1 is 1.03 bits per heavy atom. The van der Waals surface area contributed by atoms with Crippen LogP contribution in [-0.2, 0) is 0 Å². The topological polar surface area (TPSA) is 59.8 Å². The van der Waals surface area contributed by atoms with Gasteiger partial charge in [0.25, 0.3) is 5.56 Å². The van der Waals surface area contributed by atoms with Crippen molar-refractivity contribution in [3.05, 3.63) is 92.4 Å². The molecule has 0 aliphatic carbocycles. The molecule has 160 valence electrons. The van der Waals surface area contributed by atoms with Gasteiger partial charge in [0, 0.05) is 16.3 Å². The van der Waals surface area contributed by atoms with Crippen molar-refractivity contribution in [2.24, 2.45) is 0 Å². The zero-order valence-electron chi connectivity index (χ0n) is 17.9. The third kappa shape index (κ3) is 3.36. The number of rotatable bonds is 4. The molecule has 0 spiro atoms. The van der Waals surface area contributed by atoms with Crippen molar-refractivity contribution in [1.29, 1.82) is 0 Å². The molecular formula is C25H21ClN4OS. The number of hydrogen-bond donors (Lipinski definition) is 1. The highest BCUT2D eigenvalue weighted by Crippen LogP contribution is 2.34. The van der Waals surface area contributed by atoms with E-state index >= 15 is 0 Å². The molecule has 0 bridgehead atoms. The first kappa shape index (κ1) is 20.7. The Hall–Kier alpha value is -3.22. The Bertz CT molecular complexity index is 1520. The van der Waals surface area contributed by atoms with Crippen molar-refractivity contribution < 1.29 is 0 Å². The van der Waals surface area contributed by atoms with E-state index in [1.165, 1.54) is 10.4 Å². The molecule has 3 heterocycles. The van der Waals surface area contributed by atoms with Gasteiger partial charge in [-0.05, 0) is 56.0 Å². The zero-order valence-corrected chi connectivity index (χ0v) is 19.5. The summed E-state index contributed by atoms with van der Waals surface area (Å²) in [6, 6.07) is 17.0. The maximum Gasteiger partial charge on any atom is 0.264 e.